The highest BCUT2D eigenvalue weighted by atomic mass is 19.1. The van der Waals surface area contributed by atoms with Gasteiger partial charge < -0.3 is 54.9 Å². The van der Waals surface area contributed by atoms with E-state index in [-0.39, 0.29) is 36.6 Å². The number of fused-ring (bicyclic) bond motifs is 2. The Balaban J connectivity index is 1.20. The monoisotopic (exact) mass is 597 g/mol. The van der Waals surface area contributed by atoms with Crippen molar-refractivity contribution in [3.05, 3.63) is 59.2 Å². The predicted molar refractivity (Wildman–Crippen MR) is 138 cm³/mol. The molecule has 0 radical (unpaired) electrons. The Hall–Kier alpha value is -2.95. The van der Waals surface area contributed by atoms with Gasteiger partial charge in [-0.2, -0.15) is 0 Å². The third kappa shape index (κ3) is 6.50. The van der Waals surface area contributed by atoms with Crippen LogP contribution >= 0.6 is 0 Å². The second-order valence-electron chi connectivity index (χ2n) is 10.7. The van der Waals surface area contributed by atoms with E-state index < -0.39 is 73.0 Å². The molecule has 230 valence electrons. The Bertz CT molecular complexity index is 1270. The fraction of sp³-hybridized carbons (Fsp3) is 0.536. The first kappa shape index (κ1) is 30.5. The number of aliphatic hydroxyl groups excluding tert-OH is 5. The summed E-state index contributed by atoms with van der Waals surface area (Å²) in [6.07, 6.45) is -12.9. The zero-order valence-corrected chi connectivity index (χ0v) is 22.3. The van der Waals surface area contributed by atoms with Crippen molar-refractivity contribution in [3.8, 4) is 11.5 Å². The van der Waals surface area contributed by atoms with Gasteiger partial charge in [-0.15, -0.1) is 0 Å². The molecule has 0 amide bonds. The number of halogens is 2. The number of hydrogen-bond donors (Lipinski definition) is 7. The lowest BCUT2D eigenvalue weighted by Crippen LogP contribution is -2.60. The van der Waals surface area contributed by atoms with Crippen LogP contribution in [0.25, 0.3) is 0 Å². The van der Waals surface area contributed by atoms with E-state index in [2.05, 4.69) is 5.32 Å². The van der Waals surface area contributed by atoms with Gasteiger partial charge in [-0.05, 0) is 54.8 Å². The second kappa shape index (κ2) is 12.7. The van der Waals surface area contributed by atoms with Crippen LogP contribution in [-0.2, 0) is 20.7 Å². The third-order valence-electron chi connectivity index (χ3n) is 7.72. The maximum atomic E-state index is 14.1. The molecule has 3 aliphatic rings. The molecule has 2 aromatic carbocycles. The van der Waals surface area contributed by atoms with E-state index in [1.165, 1.54) is 24.3 Å². The summed E-state index contributed by atoms with van der Waals surface area (Å²) in [5.74, 6) is -1.89. The molecular weight excluding hydrogens is 564 g/mol. The molecule has 2 aromatic rings. The van der Waals surface area contributed by atoms with Crippen LogP contribution in [-0.4, -0.2) is 105 Å². The number of rotatable bonds is 9. The number of carboxylic acids is 1. The first-order valence-corrected chi connectivity index (χ1v) is 13.6. The maximum Gasteiger partial charge on any atom is 0.335 e. The van der Waals surface area contributed by atoms with Gasteiger partial charge in [-0.25, -0.2) is 13.6 Å². The predicted octanol–water partition coefficient (Wildman–Crippen LogP) is -0.229. The normalized spacial score (nSPS) is 32.1. The van der Waals surface area contributed by atoms with Gasteiger partial charge >= 0.3 is 5.97 Å². The smallest absolute Gasteiger partial charge is 0.335 e. The summed E-state index contributed by atoms with van der Waals surface area (Å²) < 4.78 is 50.2. The lowest BCUT2D eigenvalue weighted by molar-refractivity contribution is -0.308. The number of ether oxygens (including phenoxy) is 4. The zero-order valence-electron chi connectivity index (χ0n) is 22.3. The largest absolute Gasteiger partial charge is 0.487 e. The van der Waals surface area contributed by atoms with Crippen LogP contribution in [0.3, 0.4) is 0 Å². The standard InChI is InChI=1S/C28H33F2NO11/c29-13-2-5-18-12(7-13)1-4-20(39-18)16(32)10-31-11-17(33)22-9-21(15-8-14(30)3-6-19(15)40-22)41-28-25(36)23(34)24(35)26(42-28)27(37)38/h2-3,5-8,16-17,20-26,28,31-36H,1,4,9-11H2,(H,37,38). The molecule has 0 aliphatic carbocycles. The number of aryl methyl sites for hydroxylation is 1. The summed E-state index contributed by atoms with van der Waals surface area (Å²) in [4.78, 5) is 11.5. The topological polar surface area (TPSA) is 187 Å². The molecule has 10 unspecified atom stereocenters. The van der Waals surface area contributed by atoms with Crippen LogP contribution in [0.15, 0.2) is 36.4 Å². The molecule has 42 heavy (non-hydrogen) atoms. The van der Waals surface area contributed by atoms with Crippen molar-refractivity contribution < 1.29 is 63.2 Å². The lowest BCUT2D eigenvalue weighted by Gasteiger charge is -2.41. The number of benzene rings is 2. The average Bonchev–Trinajstić information content (AvgIpc) is 2.96. The van der Waals surface area contributed by atoms with Crippen LogP contribution in [0.4, 0.5) is 8.78 Å². The molecule has 3 heterocycles. The number of aliphatic carboxylic acids is 1. The van der Waals surface area contributed by atoms with E-state index in [9.17, 15) is 44.2 Å². The van der Waals surface area contributed by atoms with Crippen molar-refractivity contribution in [2.45, 2.75) is 80.5 Å². The number of aliphatic hydroxyl groups is 5. The fourth-order valence-electron chi connectivity index (χ4n) is 5.41. The molecule has 0 saturated carbocycles. The highest BCUT2D eigenvalue weighted by Crippen LogP contribution is 2.40. The molecular formula is C28H33F2NO11. The summed E-state index contributed by atoms with van der Waals surface area (Å²) >= 11 is 0. The highest BCUT2D eigenvalue weighted by Gasteiger charge is 2.49. The first-order chi connectivity index (χ1) is 20.0. The SMILES string of the molecule is O=C(O)C1OC(OC2CC(C(O)CNCC(O)C3CCc4cc(F)ccc4O3)Oc3ccc(F)cc32)C(O)C(O)C1O. The van der Waals surface area contributed by atoms with Gasteiger partial charge in [0.1, 0.15) is 65.9 Å². The van der Waals surface area contributed by atoms with Crippen molar-refractivity contribution in [1.82, 2.24) is 5.32 Å². The molecule has 10 atom stereocenters. The maximum absolute atomic E-state index is 14.1. The molecule has 5 rings (SSSR count). The van der Waals surface area contributed by atoms with E-state index in [0.29, 0.717) is 18.6 Å². The number of carboxylic acid groups (broad SMARTS) is 1. The van der Waals surface area contributed by atoms with Gasteiger partial charge in [-0.1, -0.05) is 0 Å². The number of carbonyl (C=O) groups is 1. The molecule has 0 bridgehead atoms. The zero-order chi connectivity index (χ0) is 30.1. The molecule has 3 aliphatic heterocycles. The number of nitrogens with one attached hydrogen (secondary N) is 1. The molecule has 0 aromatic heterocycles. The van der Waals surface area contributed by atoms with Gasteiger partial charge in [-0.3, -0.25) is 0 Å². The van der Waals surface area contributed by atoms with Gasteiger partial charge in [0.05, 0.1) is 6.10 Å². The van der Waals surface area contributed by atoms with Crippen LogP contribution in [0.2, 0.25) is 0 Å². The fourth-order valence-corrected chi connectivity index (χ4v) is 5.41. The molecule has 12 nitrogen and oxygen atoms in total. The quantitative estimate of drug-likeness (QED) is 0.202. The van der Waals surface area contributed by atoms with Crippen LogP contribution in [0.5, 0.6) is 11.5 Å². The van der Waals surface area contributed by atoms with Crippen molar-refractivity contribution in [2.24, 2.45) is 0 Å². The Morgan fingerprint density at radius 2 is 1.57 bits per heavy atom. The molecule has 0 spiro atoms. The van der Waals surface area contributed by atoms with E-state index in [0.717, 1.165) is 17.7 Å². The van der Waals surface area contributed by atoms with Crippen LogP contribution in [0, 0.1) is 11.6 Å². The molecule has 1 fully saturated rings. The van der Waals surface area contributed by atoms with Crippen molar-refractivity contribution in [2.75, 3.05) is 13.1 Å². The van der Waals surface area contributed by atoms with Crippen molar-refractivity contribution >= 4 is 5.97 Å². The molecule has 1 saturated heterocycles. The Kier molecular flexibility index (Phi) is 9.25. The van der Waals surface area contributed by atoms with Crippen molar-refractivity contribution in [1.29, 1.82) is 0 Å². The first-order valence-electron chi connectivity index (χ1n) is 13.6. The van der Waals surface area contributed by atoms with Gasteiger partial charge in [0.25, 0.3) is 0 Å². The summed E-state index contributed by atoms with van der Waals surface area (Å²) in [5, 5.41) is 64.3. The summed E-state index contributed by atoms with van der Waals surface area (Å²) in [6.45, 7) is 0.0274. The van der Waals surface area contributed by atoms with E-state index in [4.69, 9.17) is 18.9 Å². The summed E-state index contributed by atoms with van der Waals surface area (Å²) in [7, 11) is 0. The lowest BCUT2D eigenvalue weighted by atomic mass is 9.95. The van der Waals surface area contributed by atoms with Crippen molar-refractivity contribution in [3.63, 3.8) is 0 Å². The van der Waals surface area contributed by atoms with Crippen LogP contribution in [0.1, 0.15) is 30.1 Å². The number of hydrogen-bond acceptors (Lipinski definition) is 11. The minimum absolute atomic E-state index is 0.0337. The second-order valence-corrected chi connectivity index (χ2v) is 10.7. The van der Waals surface area contributed by atoms with E-state index in [1.54, 1.807) is 0 Å². The summed E-state index contributed by atoms with van der Waals surface area (Å²) in [6, 6.07) is 7.80. The molecule has 14 heteroatoms. The van der Waals surface area contributed by atoms with Gasteiger partial charge in [0, 0.05) is 25.1 Å². The Labute approximate surface area is 239 Å². The van der Waals surface area contributed by atoms with Gasteiger partial charge in [0.15, 0.2) is 12.4 Å². The third-order valence-corrected chi connectivity index (χ3v) is 7.72. The minimum atomic E-state index is -1.91. The van der Waals surface area contributed by atoms with Crippen LogP contribution < -0.4 is 14.8 Å². The van der Waals surface area contributed by atoms with Gasteiger partial charge in [0.2, 0.25) is 0 Å². The van der Waals surface area contributed by atoms with E-state index >= 15 is 0 Å². The minimum Gasteiger partial charge on any atom is -0.487 e. The Morgan fingerprint density at radius 1 is 0.929 bits per heavy atom. The summed E-state index contributed by atoms with van der Waals surface area (Å²) in [5.41, 5.74) is 0.934. The highest BCUT2D eigenvalue weighted by molar-refractivity contribution is 5.73. The molecule has 7 N–H and O–H groups in total. The average molecular weight is 598 g/mol. The van der Waals surface area contributed by atoms with E-state index in [1.807, 2.05) is 0 Å². The Morgan fingerprint density at radius 3 is 2.29 bits per heavy atom.